The lowest BCUT2D eigenvalue weighted by Gasteiger charge is -2.22. The van der Waals surface area contributed by atoms with Gasteiger partial charge in [-0.25, -0.2) is 4.79 Å². The minimum atomic E-state index is -0.451. The van der Waals surface area contributed by atoms with Crippen molar-refractivity contribution in [2.75, 3.05) is 23.9 Å². The number of fused-ring (bicyclic) bond motifs is 1. The molecule has 1 unspecified atom stereocenters. The number of esters is 1. The molecule has 2 aromatic carbocycles. The Morgan fingerprint density at radius 3 is 2.61 bits per heavy atom. The SMILES string of the molecule is COC(=O)c1ccc(NC(=O)CN2C(=O)CC(c3ccco3)Sc3ccccc32)cc1. The third-order valence-corrected chi connectivity index (χ3v) is 6.12. The first-order valence-electron chi connectivity index (χ1n) is 9.63. The van der Waals surface area contributed by atoms with Crippen molar-refractivity contribution in [1.82, 2.24) is 0 Å². The van der Waals surface area contributed by atoms with Crippen molar-refractivity contribution in [3.63, 3.8) is 0 Å². The number of hydrogen-bond donors (Lipinski definition) is 1. The number of ether oxygens (including phenoxy) is 1. The number of nitrogens with one attached hydrogen (secondary N) is 1. The summed E-state index contributed by atoms with van der Waals surface area (Å²) >= 11 is 1.55. The van der Waals surface area contributed by atoms with Gasteiger partial charge in [-0.15, -0.1) is 11.8 Å². The number of furan rings is 1. The molecule has 0 saturated heterocycles. The molecule has 4 rings (SSSR count). The minimum absolute atomic E-state index is 0.125. The number of carbonyl (C=O) groups excluding carboxylic acids is 3. The number of benzene rings is 2. The number of amides is 2. The van der Waals surface area contributed by atoms with E-state index in [0.717, 1.165) is 10.7 Å². The molecule has 1 atom stereocenters. The quantitative estimate of drug-likeness (QED) is 0.601. The summed E-state index contributed by atoms with van der Waals surface area (Å²) < 4.78 is 10.2. The van der Waals surface area contributed by atoms with Crippen LogP contribution in [0.3, 0.4) is 0 Å². The van der Waals surface area contributed by atoms with Crippen LogP contribution < -0.4 is 10.2 Å². The molecule has 0 radical (unpaired) electrons. The van der Waals surface area contributed by atoms with E-state index >= 15 is 0 Å². The van der Waals surface area contributed by atoms with Crippen molar-refractivity contribution < 1.29 is 23.5 Å². The van der Waals surface area contributed by atoms with Gasteiger partial charge >= 0.3 is 5.97 Å². The van der Waals surface area contributed by atoms with Crippen molar-refractivity contribution in [2.45, 2.75) is 16.6 Å². The third-order valence-electron chi connectivity index (χ3n) is 4.84. The van der Waals surface area contributed by atoms with Crippen LogP contribution in [-0.2, 0) is 14.3 Å². The summed E-state index contributed by atoms with van der Waals surface area (Å²) in [6.07, 6.45) is 1.81. The van der Waals surface area contributed by atoms with E-state index in [1.54, 1.807) is 48.4 Å². The Morgan fingerprint density at radius 1 is 1.13 bits per heavy atom. The molecule has 1 N–H and O–H groups in total. The maximum Gasteiger partial charge on any atom is 0.337 e. The Balaban J connectivity index is 1.51. The van der Waals surface area contributed by atoms with Crippen LogP contribution in [0.5, 0.6) is 0 Å². The van der Waals surface area contributed by atoms with Crippen molar-refractivity contribution in [1.29, 1.82) is 0 Å². The predicted octanol–water partition coefficient (Wildman–Crippen LogP) is 4.28. The number of para-hydroxylation sites is 1. The molecule has 0 aliphatic carbocycles. The van der Waals surface area contributed by atoms with E-state index in [1.807, 2.05) is 30.3 Å². The Kier molecular flexibility index (Phi) is 6.08. The highest BCUT2D eigenvalue weighted by Crippen LogP contribution is 2.45. The lowest BCUT2D eigenvalue weighted by atomic mass is 10.2. The molecule has 31 heavy (non-hydrogen) atoms. The Morgan fingerprint density at radius 2 is 1.90 bits per heavy atom. The van der Waals surface area contributed by atoms with Crippen LogP contribution in [-0.4, -0.2) is 31.4 Å². The third kappa shape index (κ3) is 4.64. The molecular weight excluding hydrogens is 416 g/mol. The lowest BCUT2D eigenvalue weighted by Crippen LogP contribution is -2.38. The zero-order valence-electron chi connectivity index (χ0n) is 16.7. The Bertz CT molecular complexity index is 1100. The van der Waals surface area contributed by atoms with E-state index in [0.29, 0.717) is 16.9 Å². The molecule has 8 heteroatoms. The molecule has 158 valence electrons. The smallest absolute Gasteiger partial charge is 0.337 e. The molecule has 3 aromatic rings. The number of nitrogens with zero attached hydrogens (tertiary/aromatic N) is 1. The van der Waals surface area contributed by atoms with Gasteiger partial charge in [0.1, 0.15) is 12.3 Å². The topological polar surface area (TPSA) is 88.9 Å². The lowest BCUT2D eigenvalue weighted by molar-refractivity contribution is -0.121. The maximum atomic E-state index is 13.1. The van der Waals surface area contributed by atoms with Gasteiger partial charge in [0.25, 0.3) is 0 Å². The summed E-state index contributed by atoms with van der Waals surface area (Å²) in [6.45, 7) is -0.125. The van der Waals surface area contributed by atoms with Crippen molar-refractivity contribution in [2.24, 2.45) is 0 Å². The van der Waals surface area contributed by atoms with Crippen molar-refractivity contribution >= 4 is 40.9 Å². The molecular formula is C23H20N2O5S. The summed E-state index contributed by atoms with van der Waals surface area (Å²) in [5.74, 6) is -0.219. The van der Waals surface area contributed by atoms with E-state index in [4.69, 9.17) is 4.42 Å². The van der Waals surface area contributed by atoms with Gasteiger partial charge in [0, 0.05) is 17.0 Å². The monoisotopic (exact) mass is 436 g/mol. The van der Waals surface area contributed by atoms with E-state index in [9.17, 15) is 14.4 Å². The normalized spacial score (nSPS) is 15.7. The number of anilines is 2. The number of rotatable bonds is 5. The summed E-state index contributed by atoms with van der Waals surface area (Å²) in [5.41, 5.74) is 1.61. The molecule has 0 saturated carbocycles. The minimum Gasteiger partial charge on any atom is -0.468 e. The number of thioether (sulfide) groups is 1. The second kappa shape index (κ2) is 9.09. The summed E-state index contributed by atoms with van der Waals surface area (Å²) in [4.78, 5) is 39.7. The van der Waals surface area contributed by atoms with Gasteiger partial charge in [-0.3, -0.25) is 9.59 Å². The van der Waals surface area contributed by atoms with Gasteiger partial charge in [0.05, 0.1) is 29.9 Å². The van der Waals surface area contributed by atoms with E-state index < -0.39 is 5.97 Å². The van der Waals surface area contributed by atoms with Gasteiger partial charge in [0.15, 0.2) is 0 Å². The van der Waals surface area contributed by atoms with Gasteiger partial charge in [-0.2, -0.15) is 0 Å². The molecule has 2 amide bonds. The summed E-state index contributed by atoms with van der Waals surface area (Å²) in [5, 5.41) is 2.61. The van der Waals surface area contributed by atoms with E-state index in [-0.39, 0.29) is 30.0 Å². The van der Waals surface area contributed by atoms with Crippen LogP contribution in [0.15, 0.2) is 76.2 Å². The van der Waals surface area contributed by atoms with Gasteiger partial charge in [0.2, 0.25) is 11.8 Å². The van der Waals surface area contributed by atoms with Gasteiger partial charge in [-0.05, 0) is 48.5 Å². The van der Waals surface area contributed by atoms with Gasteiger partial charge < -0.3 is 19.4 Å². The van der Waals surface area contributed by atoms with Gasteiger partial charge in [-0.1, -0.05) is 12.1 Å². The van der Waals surface area contributed by atoms with Crippen LogP contribution >= 0.6 is 11.8 Å². The first-order valence-corrected chi connectivity index (χ1v) is 10.5. The maximum absolute atomic E-state index is 13.1. The fraction of sp³-hybridized carbons (Fsp3) is 0.174. The molecule has 7 nitrogen and oxygen atoms in total. The summed E-state index contributed by atoms with van der Waals surface area (Å²) in [7, 11) is 1.31. The Hall–Kier alpha value is -3.52. The zero-order chi connectivity index (χ0) is 21.8. The average molecular weight is 436 g/mol. The predicted molar refractivity (Wildman–Crippen MR) is 117 cm³/mol. The molecule has 0 spiro atoms. The highest BCUT2D eigenvalue weighted by molar-refractivity contribution is 7.99. The highest BCUT2D eigenvalue weighted by Gasteiger charge is 2.31. The average Bonchev–Trinajstić information content (AvgIpc) is 3.28. The standard InChI is InChI=1S/C23H20N2O5S/c1-29-23(28)15-8-10-16(11-9-15)24-21(26)14-25-17-5-2-3-7-19(17)31-20(13-22(25)27)18-6-4-12-30-18/h2-12,20H,13-14H2,1H3,(H,24,26). The molecule has 1 aliphatic heterocycles. The fourth-order valence-corrected chi connectivity index (χ4v) is 4.57. The van der Waals surface area contributed by atoms with E-state index in [1.165, 1.54) is 12.0 Å². The number of hydrogen-bond acceptors (Lipinski definition) is 6. The van der Waals surface area contributed by atoms with E-state index in [2.05, 4.69) is 10.1 Å². The largest absolute Gasteiger partial charge is 0.468 e. The molecule has 0 fully saturated rings. The summed E-state index contributed by atoms with van der Waals surface area (Å²) in [6, 6.07) is 17.5. The zero-order valence-corrected chi connectivity index (χ0v) is 17.6. The first kappa shape index (κ1) is 20.7. The van der Waals surface area contributed by atoms with Crippen LogP contribution in [0, 0.1) is 0 Å². The molecule has 2 heterocycles. The number of carbonyl (C=O) groups is 3. The van der Waals surface area contributed by atoms with Crippen LogP contribution in [0.4, 0.5) is 11.4 Å². The van der Waals surface area contributed by atoms with Crippen molar-refractivity contribution in [3.8, 4) is 0 Å². The molecule has 0 bridgehead atoms. The first-order chi connectivity index (χ1) is 15.0. The van der Waals surface area contributed by atoms with Crippen LogP contribution in [0.25, 0.3) is 0 Å². The highest BCUT2D eigenvalue weighted by atomic mass is 32.2. The fourth-order valence-electron chi connectivity index (χ4n) is 3.34. The van der Waals surface area contributed by atoms with Crippen LogP contribution in [0.1, 0.15) is 27.8 Å². The van der Waals surface area contributed by atoms with Crippen molar-refractivity contribution in [3.05, 3.63) is 78.3 Å². The molecule has 1 aromatic heterocycles. The Labute approximate surface area is 183 Å². The van der Waals surface area contributed by atoms with Crippen LogP contribution in [0.2, 0.25) is 0 Å². The number of methoxy groups -OCH3 is 1. The molecule has 1 aliphatic rings. The second-order valence-corrected chi connectivity index (χ2v) is 8.14. The second-order valence-electron chi connectivity index (χ2n) is 6.89.